The summed E-state index contributed by atoms with van der Waals surface area (Å²) in [5.41, 5.74) is 0. The van der Waals surface area contributed by atoms with E-state index in [2.05, 4.69) is 27.7 Å². The number of rotatable bonds is 18. The highest BCUT2D eigenvalue weighted by atomic mass is 28.4. The summed E-state index contributed by atoms with van der Waals surface area (Å²) < 4.78 is 18.4. The van der Waals surface area contributed by atoms with E-state index < -0.39 is 8.80 Å². The standard InChI is InChI=1S/C19H42O3Si/c1-5-9-10-11-12-13-14-15-19-23(20-16-6-2,21-17-7-3)22-18-8-4/h5-19H2,1-4H3. The van der Waals surface area contributed by atoms with Crippen molar-refractivity contribution in [2.24, 2.45) is 0 Å². The van der Waals surface area contributed by atoms with Gasteiger partial charge in [-0.25, -0.2) is 0 Å². The van der Waals surface area contributed by atoms with E-state index in [1.165, 1.54) is 51.4 Å². The van der Waals surface area contributed by atoms with Gasteiger partial charge in [0.1, 0.15) is 0 Å². The average molecular weight is 347 g/mol. The second-order valence-corrected chi connectivity index (χ2v) is 9.19. The Hall–Kier alpha value is 0.0969. The van der Waals surface area contributed by atoms with Crippen LogP contribution >= 0.6 is 0 Å². The van der Waals surface area contributed by atoms with Crippen molar-refractivity contribution in [2.45, 2.75) is 104 Å². The topological polar surface area (TPSA) is 27.7 Å². The van der Waals surface area contributed by atoms with Crippen LogP contribution in [0.1, 0.15) is 98.3 Å². The summed E-state index contributed by atoms with van der Waals surface area (Å²) in [6.07, 6.45) is 13.7. The molecule has 0 radical (unpaired) electrons. The molecule has 0 heterocycles. The highest BCUT2D eigenvalue weighted by Gasteiger charge is 2.40. The third-order valence-electron chi connectivity index (χ3n) is 3.91. The molecule has 0 aliphatic carbocycles. The maximum atomic E-state index is 6.14. The first-order valence-corrected chi connectivity index (χ1v) is 12.1. The van der Waals surface area contributed by atoms with Gasteiger partial charge in [0.25, 0.3) is 0 Å². The van der Waals surface area contributed by atoms with Gasteiger partial charge in [0, 0.05) is 25.9 Å². The van der Waals surface area contributed by atoms with Crippen molar-refractivity contribution in [3.8, 4) is 0 Å². The van der Waals surface area contributed by atoms with Gasteiger partial charge >= 0.3 is 8.80 Å². The summed E-state index contributed by atoms with van der Waals surface area (Å²) in [6, 6.07) is 0.988. The Morgan fingerprint density at radius 2 is 0.870 bits per heavy atom. The highest BCUT2D eigenvalue weighted by molar-refractivity contribution is 6.60. The van der Waals surface area contributed by atoms with Crippen molar-refractivity contribution < 1.29 is 13.3 Å². The Kier molecular flexibility index (Phi) is 17.0. The van der Waals surface area contributed by atoms with E-state index in [1.54, 1.807) is 0 Å². The quantitative estimate of drug-likeness (QED) is 0.214. The van der Waals surface area contributed by atoms with Crippen LogP contribution in [0.3, 0.4) is 0 Å². The number of hydrogen-bond donors (Lipinski definition) is 0. The molecule has 0 fully saturated rings. The second kappa shape index (κ2) is 16.9. The van der Waals surface area contributed by atoms with E-state index in [0.29, 0.717) is 0 Å². The van der Waals surface area contributed by atoms with Crippen LogP contribution < -0.4 is 0 Å². The first-order chi connectivity index (χ1) is 11.2. The van der Waals surface area contributed by atoms with Gasteiger partial charge in [0.15, 0.2) is 0 Å². The smallest absolute Gasteiger partial charge is 0.373 e. The van der Waals surface area contributed by atoms with Gasteiger partial charge in [-0.2, -0.15) is 0 Å². The summed E-state index contributed by atoms with van der Waals surface area (Å²) in [5, 5.41) is 0. The predicted molar refractivity (Wildman–Crippen MR) is 102 cm³/mol. The van der Waals surface area contributed by atoms with Crippen LogP contribution in [0.2, 0.25) is 6.04 Å². The van der Waals surface area contributed by atoms with Crippen LogP contribution in [0.4, 0.5) is 0 Å². The molecule has 0 aromatic heterocycles. The molecular formula is C19H42O3Si. The molecule has 0 spiro atoms. The zero-order valence-corrected chi connectivity index (χ0v) is 17.3. The largest absolute Gasteiger partial charge is 0.500 e. The Labute approximate surface area is 146 Å². The van der Waals surface area contributed by atoms with Crippen LogP contribution in [0, 0.1) is 0 Å². The van der Waals surface area contributed by atoms with Crippen molar-refractivity contribution in [1.29, 1.82) is 0 Å². The molecule has 0 atom stereocenters. The number of hydrogen-bond acceptors (Lipinski definition) is 3. The zero-order chi connectivity index (χ0) is 17.2. The first-order valence-electron chi connectivity index (χ1n) is 10.2. The molecule has 23 heavy (non-hydrogen) atoms. The maximum absolute atomic E-state index is 6.14. The Balaban J connectivity index is 4.14. The van der Waals surface area contributed by atoms with Gasteiger partial charge in [0.05, 0.1) is 0 Å². The number of unbranched alkanes of at least 4 members (excludes halogenated alkanes) is 7. The van der Waals surface area contributed by atoms with Gasteiger partial charge in [-0.05, 0) is 25.7 Å². The van der Waals surface area contributed by atoms with E-state index in [1.807, 2.05) is 0 Å². The summed E-state index contributed by atoms with van der Waals surface area (Å²) in [4.78, 5) is 0. The van der Waals surface area contributed by atoms with E-state index in [0.717, 1.165) is 45.1 Å². The van der Waals surface area contributed by atoms with E-state index in [-0.39, 0.29) is 0 Å². The minimum absolute atomic E-state index is 0.761. The van der Waals surface area contributed by atoms with E-state index in [4.69, 9.17) is 13.3 Å². The minimum Gasteiger partial charge on any atom is -0.373 e. The summed E-state index contributed by atoms with van der Waals surface area (Å²) in [7, 11) is -2.44. The van der Waals surface area contributed by atoms with Crippen molar-refractivity contribution in [2.75, 3.05) is 19.8 Å². The molecule has 3 nitrogen and oxygen atoms in total. The lowest BCUT2D eigenvalue weighted by molar-refractivity contribution is 0.0586. The molecule has 0 N–H and O–H groups in total. The molecule has 0 aliphatic rings. The normalized spacial score (nSPS) is 12.0. The molecule has 0 rings (SSSR count). The Bertz CT molecular complexity index is 215. The van der Waals surface area contributed by atoms with Crippen LogP contribution in [0.5, 0.6) is 0 Å². The fourth-order valence-corrected chi connectivity index (χ4v) is 5.50. The second-order valence-electron chi connectivity index (χ2n) is 6.45. The molecule has 0 saturated heterocycles. The summed E-state index contributed by atoms with van der Waals surface area (Å²) in [5.74, 6) is 0. The Morgan fingerprint density at radius 1 is 0.478 bits per heavy atom. The molecule has 140 valence electrons. The lowest BCUT2D eigenvalue weighted by Crippen LogP contribution is -2.46. The summed E-state index contributed by atoms with van der Waals surface area (Å²) in [6.45, 7) is 11.0. The third kappa shape index (κ3) is 13.1. The van der Waals surface area contributed by atoms with Gasteiger partial charge in [0.2, 0.25) is 0 Å². The molecule has 4 heteroatoms. The molecule has 0 bridgehead atoms. The van der Waals surface area contributed by atoms with Crippen molar-refractivity contribution in [1.82, 2.24) is 0 Å². The summed E-state index contributed by atoms with van der Waals surface area (Å²) >= 11 is 0. The fourth-order valence-electron chi connectivity index (χ4n) is 2.59. The molecule has 0 aliphatic heterocycles. The average Bonchev–Trinajstić information content (AvgIpc) is 2.58. The van der Waals surface area contributed by atoms with Gasteiger partial charge in [-0.15, -0.1) is 0 Å². The monoisotopic (exact) mass is 346 g/mol. The van der Waals surface area contributed by atoms with Gasteiger partial charge in [-0.1, -0.05) is 72.6 Å². The van der Waals surface area contributed by atoms with Gasteiger partial charge < -0.3 is 13.3 Å². The van der Waals surface area contributed by atoms with E-state index >= 15 is 0 Å². The van der Waals surface area contributed by atoms with Crippen molar-refractivity contribution in [3.05, 3.63) is 0 Å². The Morgan fingerprint density at radius 3 is 1.26 bits per heavy atom. The fraction of sp³-hybridized carbons (Fsp3) is 1.00. The van der Waals surface area contributed by atoms with Crippen LogP contribution in [0.25, 0.3) is 0 Å². The molecule has 0 unspecified atom stereocenters. The van der Waals surface area contributed by atoms with E-state index in [9.17, 15) is 0 Å². The van der Waals surface area contributed by atoms with Crippen LogP contribution in [0.15, 0.2) is 0 Å². The van der Waals surface area contributed by atoms with Crippen molar-refractivity contribution >= 4 is 8.80 Å². The maximum Gasteiger partial charge on any atom is 0.500 e. The highest BCUT2D eigenvalue weighted by Crippen LogP contribution is 2.22. The SMILES string of the molecule is CCCCCCCCCC[Si](OCCC)(OCCC)OCCC. The molecular weight excluding hydrogens is 304 g/mol. The van der Waals surface area contributed by atoms with Crippen LogP contribution in [-0.2, 0) is 13.3 Å². The van der Waals surface area contributed by atoms with Crippen molar-refractivity contribution in [3.63, 3.8) is 0 Å². The van der Waals surface area contributed by atoms with Crippen LogP contribution in [-0.4, -0.2) is 28.6 Å². The zero-order valence-electron chi connectivity index (χ0n) is 16.3. The lowest BCUT2D eigenvalue weighted by atomic mass is 10.1. The third-order valence-corrected chi connectivity index (χ3v) is 6.81. The van der Waals surface area contributed by atoms with Gasteiger partial charge in [-0.3, -0.25) is 0 Å². The molecule has 0 aromatic rings. The molecule has 0 saturated carbocycles. The first kappa shape index (κ1) is 23.1. The lowest BCUT2D eigenvalue weighted by Gasteiger charge is -2.29. The molecule has 0 aromatic carbocycles. The minimum atomic E-state index is -2.44. The molecule has 0 amide bonds. The predicted octanol–water partition coefficient (Wildman–Crippen LogP) is 6.35.